The molecule has 1 aliphatic heterocycles. The molecule has 0 saturated heterocycles. The van der Waals surface area contributed by atoms with Crippen LogP contribution in [0.3, 0.4) is 0 Å². The van der Waals surface area contributed by atoms with Gasteiger partial charge in [-0.15, -0.1) is 0 Å². The van der Waals surface area contributed by atoms with Crippen molar-refractivity contribution in [3.05, 3.63) is 72.2 Å². The van der Waals surface area contributed by atoms with Crippen LogP contribution in [0.25, 0.3) is 11.3 Å². The number of benzene rings is 2. The van der Waals surface area contributed by atoms with Crippen LogP contribution in [0.1, 0.15) is 62.2 Å². The van der Waals surface area contributed by atoms with E-state index >= 15 is 0 Å². The van der Waals surface area contributed by atoms with Gasteiger partial charge in [0.1, 0.15) is 6.10 Å². The highest BCUT2D eigenvalue weighted by Crippen LogP contribution is 2.51. The third-order valence-electron chi connectivity index (χ3n) is 7.71. The highest BCUT2D eigenvalue weighted by atomic mass is 16.6. The minimum atomic E-state index is -0.394. The standard InChI is InChI=1S/C28H31N5O2/c1-17(18-5-6-18)35-28(34)32-21-10-7-19(8-11-21)27-26(29)23-12-9-20(24-16-30-13-14-31-24)15-25(23)33(27)22-3-2-4-22/h7-18,22,26-27H,2-6,29H2,1H3,(H,32,34)/t17-,26?,27?/m1/s1. The fourth-order valence-corrected chi connectivity index (χ4v) is 5.35. The van der Waals surface area contributed by atoms with Gasteiger partial charge in [-0.25, -0.2) is 4.79 Å². The van der Waals surface area contributed by atoms with Crippen molar-refractivity contribution in [2.45, 2.75) is 63.3 Å². The Morgan fingerprint density at radius 2 is 1.91 bits per heavy atom. The van der Waals surface area contributed by atoms with Gasteiger partial charge in [0.25, 0.3) is 0 Å². The molecule has 3 atom stereocenters. The molecular formula is C28H31N5O2. The Balaban J connectivity index is 1.25. The molecule has 0 spiro atoms. The predicted octanol–water partition coefficient (Wildman–Crippen LogP) is 5.60. The summed E-state index contributed by atoms with van der Waals surface area (Å²) in [7, 11) is 0. The van der Waals surface area contributed by atoms with Gasteiger partial charge in [-0.2, -0.15) is 0 Å². The number of fused-ring (bicyclic) bond motifs is 1. The molecule has 3 N–H and O–H groups in total. The summed E-state index contributed by atoms with van der Waals surface area (Å²) in [6, 6.07) is 14.9. The third-order valence-corrected chi connectivity index (χ3v) is 7.71. The summed E-state index contributed by atoms with van der Waals surface area (Å²) in [5.74, 6) is 0.514. The van der Waals surface area contributed by atoms with Gasteiger partial charge in [-0.3, -0.25) is 15.3 Å². The van der Waals surface area contributed by atoms with Gasteiger partial charge >= 0.3 is 6.09 Å². The summed E-state index contributed by atoms with van der Waals surface area (Å²) >= 11 is 0. The number of hydrogen-bond donors (Lipinski definition) is 2. The van der Waals surface area contributed by atoms with E-state index in [0.29, 0.717) is 12.0 Å². The molecule has 3 aromatic rings. The number of rotatable bonds is 6. The van der Waals surface area contributed by atoms with E-state index in [4.69, 9.17) is 10.5 Å². The minimum absolute atomic E-state index is 0.0351. The lowest BCUT2D eigenvalue weighted by Crippen LogP contribution is -2.42. The lowest BCUT2D eigenvalue weighted by Gasteiger charge is -2.42. The summed E-state index contributed by atoms with van der Waals surface area (Å²) in [5, 5.41) is 2.86. The van der Waals surface area contributed by atoms with E-state index in [-0.39, 0.29) is 18.2 Å². The molecular weight excluding hydrogens is 438 g/mol. The van der Waals surface area contributed by atoms with Crippen molar-refractivity contribution in [3.8, 4) is 11.3 Å². The first kappa shape index (κ1) is 22.0. The van der Waals surface area contributed by atoms with Crippen LogP contribution in [0.2, 0.25) is 0 Å². The van der Waals surface area contributed by atoms with Crippen molar-refractivity contribution in [3.63, 3.8) is 0 Å². The smallest absolute Gasteiger partial charge is 0.411 e. The fourth-order valence-electron chi connectivity index (χ4n) is 5.35. The maximum Gasteiger partial charge on any atom is 0.411 e. The first-order valence-electron chi connectivity index (χ1n) is 12.6. The molecule has 35 heavy (non-hydrogen) atoms. The summed E-state index contributed by atoms with van der Waals surface area (Å²) in [6.07, 6.45) is 10.6. The van der Waals surface area contributed by atoms with Gasteiger partial charge in [0.2, 0.25) is 0 Å². The average molecular weight is 470 g/mol. The number of carbonyl (C=O) groups excluding carboxylic acids is 1. The largest absolute Gasteiger partial charge is 0.446 e. The summed E-state index contributed by atoms with van der Waals surface area (Å²) in [6.45, 7) is 1.96. The van der Waals surface area contributed by atoms with Crippen LogP contribution in [0.15, 0.2) is 61.1 Å². The van der Waals surface area contributed by atoms with E-state index in [1.807, 2.05) is 19.1 Å². The van der Waals surface area contributed by atoms with Gasteiger partial charge in [0.15, 0.2) is 0 Å². The molecule has 180 valence electrons. The molecule has 0 radical (unpaired) electrons. The van der Waals surface area contributed by atoms with E-state index < -0.39 is 6.09 Å². The average Bonchev–Trinajstić information content (AvgIpc) is 3.65. The van der Waals surface area contributed by atoms with Crippen LogP contribution in [0, 0.1) is 5.92 Å². The fraction of sp³-hybridized carbons (Fsp3) is 0.393. The molecule has 1 amide bonds. The molecule has 2 unspecified atom stereocenters. The Hall–Kier alpha value is -3.45. The Labute approximate surface area is 205 Å². The van der Waals surface area contributed by atoms with Crippen LogP contribution in [0.5, 0.6) is 0 Å². The van der Waals surface area contributed by atoms with E-state index in [1.54, 1.807) is 18.6 Å². The van der Waals surface area contributed by atoms with Gasteiger partial charge < -0.3 is 15.4 Å². The van der Waals surface area contributed by atoms with Crippen LogP contribution in [-0.2, 0) is 4.74 Å². The number of hydrogen-bond acceptors (Lipinski definition) is 6. The lowest BCUT2D eigenvalue weighted by atomic mass is 9.89. The number of aromatic nitrogens is 2. The molecule has 2 saturated carbocycles. The normalized spacial score (nSPS) is 22.3. The molecule has 3 aliphatic rings. The Morgan fingerprint density at radius 1 is 1.11 bits per heavy atom. The van der Waals surface area contributed by atoms with Crippen molar-refractivity contribution >= 4 is 17.5 Å². The second-order valence-electron chi connectivity index (χ2n) is 10.0. The summed E-state index contributed by atoms with van der Waals surface area (Å²) < 4.78 is 5.50. The number of nitrogens with two attached hydrogens (primary N) is 1. The Morgan fingerprint density at radius 3 is 2.57 bits per heavy atom. The van der Waals surface area contributed by atoms with Gasteiger partial charge in [-0.05, 0) is 74.3 Å². The predicted molar refractivity (Wildman–Crippen MR) is 136 cm³/mol. The zero-order valence-corrected chi connectivity index (χ0v) is 19.9. The number of nitrogens with zero attached hydrogens (tertiary/aromatic N) is 3. The zero-order valence-electron chi connectivity index (χ0n) is 19.9. The first-order valence-corrected chi connectivity index (χ1v) is 12.6. The number of amides is 1. The third kappa shape index (κ3) is 4.25. The number of anilines is 2. The lowest BCUT2D eigenvalue weighted by molar-refractivity contribution is 0.108. The number of nitrogens with one attached hydrogen (secondary N) is 1. The van der Waals surface area contributed by atoms with E-state index in [1.165, 1.54) is 24.9 Å². The molecule has 2 aliphatic carbocycles. The SMILES string of the molecule is C[C@@H](OC(=O)Nc1ccc(C2C(N)c3ccc(-c4cnccn4)cc3N2C2CCC2)cc1)C1CC1. The monoisotopic (exact) mass is 469 g/mol. The van der Waals surface area contributed by atoms with Crippen molar-refractivity contribution in [2.75, 3.05) is 10.2 Å². The topological polar surface area (TPSA) is 93.4 Å². The molecule has 2 fully saturated rings. The van der Waals surface area contributed by atoms with Gasteiger partial charge in [0, 0.05) is 35.4 Å². The highest BCUT2D eigenvalue weighted by molar-refractivity contribution is 5.84. The first-order chi connectivity index (χ1) is 17.1. The highest BCUT2D eigenvalue weighted by Gasteiger charge is 2.42. The molecule has 7 nitrogen and oxygen atoms in total. The molecule has 2 aromatic carbocycles. The molecule has 1 aromatic heterocycles. The molecule has 2 heterocycles. The second kappa shape index (κ2) is 8.96. The second-order valence-corrected chi connectivity index (χ2v) is 10.0. The zero-order chi connectivity index (χ0) is 23.9. The van der Waals surface area contributed by atoms with E-state index in [2.05, 4.69) is 50.5 Å². The molecule has 7 heteroatoms. The maximum absolute atomic E-state index is 12.3. The van der Waals surface area contributed by atoms with E-state index in [9.17, 15) is 4.79 Å². The van der Waals surface area contributed by atoms with Crippen molar-refractivity contribution in [1.29, 1.82) is 0 Å². The van der Waals surface area contributed by atoms with Gasteiger partial charge in [0.05, 0.1) is 24.0 Å². The van der Waals surface area contributed by atoms with Crippen LogP contribution in [-0.4, -0.2) is 28.2 Å². The number of ether oxygens (including phenoxy) is 1. The van der Waals surface area contributed by atoms with Crippen molar-refractivity contribution in [2.24, 2.45) is 11.7 Å². The van der Waals surface area contributed by atoms with Crippen molar-refractivity contribution in [1.82, 2.24) is 9.97 Å². The Bertz CT molecular complexity index is 1210. The number of carbonyl (C=O) groups is 1. The van der Waals surface area contributed by atoms with Crippen LogP contribution >= 0.6 is 0 Å². The molecule has 0 bridgehead atoms. The van der Waals surface area contributed by atoms with E-state index in [0.717, 1.165) is 40.9 Å². The van der Waals surface area contributed by atoms with Crippen LogP contribution in [0.4, 0.5) is 16.2 Å². The van der Waals surface area contributed by atoms with Crippen LogP contribution < -0.4 is 16.0 Å². The quantitative estimate of drug-likeness (QED) is 0.488. The van der Waals surface area contributed by atoms with Gasteiger partial charge in [-0.1, -0.05) is 24.3 Å². The summed E-state index contributed by atoms with van der Waals surface area (Å²) in [5.41, 5.74) is 13.0. The summed E-state index contributed by atoms with van der Waals surface area (Å²) in [4.78, 5) is 23.5. The Kier molecular flexibility index (Phi) is 5.65. The van der Waals surface area contributed by atoms with Crippen molar-refractivity contribution < 1.29 is 9.53 Å². The molecule has 6 rings (SSSR count). The minimum Gasteiger partial charge on any atom is -0.446 e. The maximum atomic E-state index is 12.3.